The highest BCUT2D eigenvalue weighted by Crippen LogP contribution is 2.32. The van der Waals surface area contributed by atoms with Gasteiger partial charge in [-0.15, -0.1) is 0 Å². The number of rotatable bonds is 7. The Kier molecular flexibility index (Phi) is 6.77. The molecule has 0 radical (unpaired) electrons. The highest BCUT2D eigenvalue weighted by Gasteiger charge is 2.34. The van der Waals surface area contributed by atoms with Crippen LogP contribution in [-0.4, -0.2) is 37.7 Å². The highest BCUT2D eigenvalue weighted by atomic mass is 16.5. The van der Waals surface area contributed by atoms with Gasteiger partial charge in [-0.2, -0.15) is 0 Å². The van der Waals surface area contributed by atoms with Crippen molar-refractivity contribution in [1.82, 2.24) is 0 Å². The van der Waals surface area contributed by atoms with E-state index in [0.29, 0.717) is 18.1 Å². The van der Waals surface area contributed by atoms with Gasteiger partial charge < -0.3 is 19.1 Å². The number of esters is 1. The van der Waals surface area contributed by atoms with E-state index in [9.17, 15) is 9.59 Å². The second-order valence-corrected chi connectivity index (χ2v) is 7.15. The van der Waals surface area contributed by atoms with E-state index in [2.05, 4.69) is 0 Å². The number of fused-ring (bicyclic) bond motifs is 1. The number of hydrogen-bond acceptors (Lipinski definition) is 5. The molecule has 1 aliphatic rings. The first-order valence-electron chi connectivity index (χ1n) is 10.0. The molecule has 0 fully saturated rings. The molecule has 0 aliphatic carbocycles. The molecule has 30 heavy (non-hydrogen) atoms. The summed E-state index contributed by atoms with van der Waals surface area (Å²) in [6.07, 6.45) is 2.83. The van der Waals surface area contributed by atoms with Crippen LogP contribution < -0.4 is 14.4 Å². The first-order chi connectivity index (χ1) is 14.4. The number of ether oxygens (including phenoxy) is 3. The number of carbonyl (C=O) groups is 2. The standard InChI is InChI=1S/C24H27NO5/c1-5-29-21-12-10-18(15-22(21)28-4)11-13-23(26)30-17(3)24(27)25-16(2)14-19-8-6-7-9-20(19)25/h6-13,15-17H,5,14H2,1-4H3/b13-11+/t16-,17-/m0/s1. The van der Waals surface area contributed by atoms with Crippen molar-refractivity contribution in [2.45, 2.75) is 39.3 Å². The zero-order valence-electron chi connectivity index (χ0n) is 17.8. The van der Waals surface area contributed by atoms with Crippen molar-refractivity contribution in [3.8, 4) is 11.5 Å². The third kappa shape index (κ3) is 4.64. The summed E-state index contributed by atoms with van der Waals surface area (Å²) in [5, 5.41) is 0. The molecule has 0 spiro atoms. The molecule has 0 saturated heterocycles. The zero-order valence-corrected chi connectivity index (χ0v) is 17.8. The van der Waals surface area contributed by atoms with Gasteiger partial charge in [0.15, 0.2) is 17.6 Å². The number of anilines is 1. The van der Waals surface area contributed by atoms with Gasteiger partial charge in [-0.3, -0.25) is 4.79 Å². The van der Waals surface area contributed by atoms with Crippen LogP contribution in [0.3, 0.4) is 0 Å². The van der Waals surface area contributed by atoms with Crippen molar-refractivity contribution in [3.05, 3.63) is 59.7 Å². The van der Waals surface area contributed by atoms with Crippen LogP contribution in [0.4, 0.5) is 5.69 Å². The predicted molar refractivity (Wildman–Crippen MR) is 116 cm³/mol. The van der Waals surface area contributed by atoms with Gasteiger partial charge in [0.2, 0.25) is 0 Å². The third-order valence-corrected chi connectivity index (χ3v) is 4.98. The average molecular weight is 409 g/mol. The molecule has 1 heterocycles. The smallest absolute Gasteiger partial charge is 0.331 e. The predicted octanol–water partition coefficient (Wildman–Crippen LogP) is 4.02. The normalized spacial score (nSPS) is 16.3. The van der Waals surface area contributed by atoms with Crippen molar-refractivity contribution in [3.63, 3.8) is 0 Å². The summed E-state index contributed by atoms with van der Waals surface area (Å²) in [6, 6.07) is 13.2. The largest absolute Gasteiger partial charge is 0.493 e. The molecule has 0 bridgehead atoms. The van der Waals surface area contributed by atoms with Crippen LogP contribution in [-0.2, 0) is 20.7 Å². The minimum Gasteiger partial charge on any atom is -0.493 e. The Balaban J connectivity index is 1.64. The van der Waals surface area contributed by atoms with Crippen LogP contribution in [0.1, 0.15) is 31.9 Å². The Hall–Kier alpha value is -3.28. The van der Waals surface area contributed by atoms with Crippen LogP contribution in [0.25, 0.3) is 6.08 Å². The number of hydrogen-bond donors (Lipinski definition) is 0. The lowest BCUT2D eigenvalue weighted by molar-refractivity contribution is -0.149. The number of carbonyl (C=O) groups excluding carboxylic acids is 2. The molecule has 1 amide bonds. The van der Waals surface area contributed by atoms with Crippen LogP contribution in [0.2, 0.25) is 0 Å². The first kappa shape index (κ1) is 21.4. The first-order valence-corrected chi connectivity index (χ1v) is 10.0. The van der Waals surface area contributed by atoms with E-state index in [1.165, 1.54) is 6.08 Å². The van der Waals surface area contributed by atoms with Gasteiger partial charge in [0.05, 0.1) is 13.7 Å². The Morgan fingerprint density at radius 1 is 1.20 bits per heavy atom. The molecule has 2 aromatic carbocycles. The monoisotopic (exact) mass is 409 g/mol. The summed E-state index contributed by atoms with van der Waals surface area (Å²) in [4.78, 5) is 26.9. The second-order valence-electron chi connectivity index (χ2n) is 7.15. The molecule has 0 unspecified atom stereocenters. The van der Waals surface area contributed by atoms with Crippen LogP contribution in [0, 0.1) is 0 Å². The summed E-state index contributed by atoms with van der Waals surface area (Å²) in [7, 11) is 1.56. The molecule has 0 N–H and O–H groups in total. The third-order valence-electron chi connectivity index (χ3n) is 4.98. The molecule has 0 saturated carbocycles. The maximum atomic E-state index is 12.9. The lowest BCUT2D eigenvalue weighted by Gasteiger charge is -2.25. The Morgan fingerprint density at radius 2 is 1.97 bits per heavy atom. The topological polar surface area (TPSA) is 65.1 Å². The van der Waals surface area contributed by atoms with Crippen LogP contribution >= 0.6 is 0 Å². The number of benzene rings is 2. The lowest BCUT2D eigenvalue weighted by atomic mass is 10.1. The highest BCUT2D eigenvalue weighted by molar-refractivity contribution is 6.00. The summed E-state index contributed by atoms with van der Waals surface area (Å²) < 4.78 is 16.2. The van der Waals surface area contributed by atoms with Crippen LogP contribution in [0.5, 0.6) is 11.5 Å². The lowest BCUT2D eigenvalue weighted by Crippen LogP contribution is -2.43. The summed E-state index contributed by atoms with van der Waals surface area (Å²) in [6.45, 7) is 6.02. The summed E-state index contributed by atoms with van der Waals surface area (Å²) in [5.74, 6) is 0.414. The van der Waals surface area contributed by atoms with E-state index < -0.39 is 12.1 Å². The zero-order chi connectivity index (χ0) is 21.7. The van der Waals surface area contributed by atoms with Gasteiger partial charge in [-0.25, -0.2) is 4.79 Å². The molecule has 6 heteroatoms. The molecule has 2 aromatic rings. The SMILES string of the molecule is CCOc1ccc(/C=C/C(=O)O[C@@H](C)C(=O)N2c3ccccc3C[C@@H]2C)cc1OC. The minimum atomic E-state index is -0.884. The second kappa shape index (κ2) is 9.48. The summed E-state index contributed by atoms with van der Waals surface area (Å²) >= 11 is 0. The number of para-hydroxylation sites is 1. The van der Waals surface area contributed by atoms with Crippen molar-refractivity contribution < 1.29 is 23.8 Å². The maximum Gasteiger partial charge on any atom is 0.331 e. The number of nitrogens with zero attached hydrogens (tertiary/aromatic N) is 1. The minimum absolute atomic E-state index is 0.0305. The van der Waals surface area contributed by atoms with Crippen LogP contribution in [0.15, 0.2) is 48.5 Å². The van der Waals surface area contributed by atoms with E-state index >= 15 is 0 Å². The van der Waals surface area contributed by atoms with Gasteiger partial charge in [0.25, 0.3) is 5.91 Å². The molecule has 2 atom stereocenters. The molecule has 3 rings (SSSR count). The van der Waals surface area contributed by atoms with E-state index in [0.717, 1.165) is 23.2 Å². The Labute approximate surface area is 177 Å². The van der Waals surface area contributed by atoms with Crippen molar-refractivity contribution >= 4 is 23.6 Å². The number of methoxy groups -OCH3 is 1. The molecular formula is C24H27NO5. The van der Waals surface area contributed by atoms with Gasteiger partial charge in [0.1, 0.15) is 0 Å². The molecule has 1 aliphatic heterocycles. The van der Waals surface area contributed by atoms with Crippen molar-refractivity contribution in [1.29, 1.82) is 0 Å². The van der Waals surface area contributed by atoms with Crippen molar-refractivity contribution in [2.24, 2.45) is 0 Å². The molecule has 158 valence electrons. The fraction of sp³-hybridized carbons (Fsp3) is 0.333. The van der Waals surface area contributed by atoms with E-state index in [1.807, 2.05) is 44.2 Å². The van der Waals surface area contributed by atoms with Gasteiger partial charge in [-0.05, 0) is 62.6 Å². The number of amides is 1. The molecule has 6 nitrogen and oxygen atoms in total. The fourth-order valence-corrected chi connectivity index (χ4v) is 3.59. The van der Waals surface area contributed by atoms with Gasteiger partial charge >= 0.3 is 5.97 Å². The fourth-order valence-electron chi connectivity index (χ4n) is 3.59. The molecule has 0 aromatic heterocycles. The molecular weight excluding hydrogens is 382 g/mol. The van der Waals surface area contributed by atoms with Gasteiger partial charge in [0, 0.05) is 17.8 Å². The Bertz CT molecular complexity index is 952. The van der Waals surface area contributed by atoms with Crippen molar-refractivity contribution in [2.75, 3.05) is 18.6 Å². The van der Waals surface area contributed by atoms with E-state index in [4.69, 9.17) is 14.2 Å². The average Bonchev–Trinajstić information content (AvgIpc) is 3.08. The summed E-state index contributed by atoms with van der Waals surface area (Å²) in [5.41, 5.74) is 2.77. The Morgan fingerprint density at radius 3 is 2.70 bits per heavy atom. The van der Waals surface area contributed by atoms with Gasteiger partial charge in [-0.1, -0.05) is 24.3 Å². The maximum absolute atomic E-state index is 12.9. The van der Waals surface area contributed by atoms with E-state index in [-0.39, 0.29) is 11.9 Å². The van der Waals surface area contributed by atoms with E-state index in [1.54, 1.807) is 37.1 Å². The quantitative estimate of drug-likeness (QED) is 0.511.